The molecule has 0 saturated carbocycles. The fraction of sp³-hybridized carbons (Fsp3) is 0.105. The van der Waals surface area contributed by atoms with Gasteiger partial charge in [0.15, 0.2) is 0 Å². The van der Waals surface area contributed by atoms with E-state index in [-0.39, 0.29) is 10.7 Å². The maximum Gasteiger partial charge on any atom is 0.327 e. The minimum atomic E-state index is -1.09. The van der Waals surface area contributed by atoms with Crippen LogP contribution in [0.5, 0.6) is 0 Å². The summed E-state index contributed by atoms with van der Waals surface area (Å²) in [4.78, 5) is 26.2. The summed E-state index contributed by atoms with van der Waals surface area (Å²) in [5, 5.41) is 10.2. The monoisotopic (exact) mass is 403 g/mol. The van der Waals surface area contributed by atoms with Crippen LogP contribution in [-0.4, -0.2) is 32.2 Å². The average molecular weight is 404 g/mol. The number of hydrogen-bond donors (Lipinski definition) is 1. The molecule has 1 heterocycles. The first-order chi connectivity index (χ1) is 12.5. The van der Waals surface area contributed by atoms with Crippen LogP contribution in [-0.2, 0) is 16.0 Å². The van der Waals surface area contributed by atoms with Crippen molar-refractivity contribution in [1.29, 1.82) is 0 Å². The van der Waals surface area contributed by atoms with Gasteiger partial charge in [-0.1, -0.05) is 84.1 Å². The molecule has 0 bridgehead atoms. The van der Waals surface area contributed by atoms with Crippen LogP contribution in [0.1, 0.15) is 11.1 Å². The Labute approximate surface area is 165 Å². The van der Waals surface area contributed by atoms with E-state index in [4.69, 9.17) is 23.8 Å². The predicted molar refractivity (Wildman–Crippen MR) is 108 cm³/mol. The molecule has 0 radical (unpaired) electrons. The van der Waals surface area contributed by atoms with Gasteiger partial charge in [-0.05, 0) is 23.3 Å². The molecule has 1 aliphatic rings. The molecule has 1 saturated heterocycles. The molecule has 7 heteroatoms. The third-order valence-corrected chi connectivity index (χ3v) is 5.56. The Morgan fingerprint density at radius 1 is 1.19 bits per heavy atom. The Bertz CT molecular complexity index is 899. The van der Waals surface area contributed by atoms with E-state index >= 15 is 0 Å². The van der Waals surface area contributed by atoms with Crippen molar-refractivity contribution >= 4 is 57.9 Å². The second-order valence-electron chi connectivity index (χ2n) is 5.62. The highest BCUT2D eigenvalue weighted by Crippen LogP contribution is 2.35. The number of carbonyl (C=O) groups is 2. The molecule has 1 fully saturated rings. The first kappa shape index (κ1) is 18.6. The molecule has 1 atom stereocenters. The summed E-state index contributed by atoms with van der Waals surface area (Å²) >= 11 is 12.5. The van der Waals surface area contributed by atoms with Gasteiger partial charge < -0.3 is 5.11 Å². The molecule has 0 aromatic heterocycles. The standard InChI is InChI=1S/C19H14ClNO3S2/c20-14-9-5-4-8-13(14)11-16-17(22)21(19(25)26-16)15(18(23)24)10-12-6-2-1-3-7-12/h1-9,11,15H,10H2,(H,23,24)/b16-11-. The van der Waals surface area contributed by atoms with Gasteiger partial charge >= 0.3 is 5.97 Å². The van der Waals surface area contributed by atoms with Crippen molar-refractivity contribution in [1.82, 2.24) is 4.90 Å². The zero-order valence-electron chi connectivity index (χ0n) is 13.5. The smallest absolute Gasteiger partial charge is 0.327 e. The molecular weight excluding hydrogens is 390 g/mol. The van der Waals surface area contributed by atoms with Crippen molar-refractivity contribution in [2.45, 2.75) is 12.5 Å². The highest BCUT2D eigenvalue weighted by molar-refractivity contribution is 8.26. The zero-order valence-corrected chi connectivity index (χ0v) is 15.9. The van der Waals surface area contributed by atoms with Crippen molar-refractivity contribution in [3.63, 3.8) is 0 Å². The number of rotatable bonds is 5. The van der Waals surface area contributed by atoms with Gasteiger partial charge in [-0.25, -0.2) is 4.79 Å². The Morgan fingerprint density at radius 2 is 1.85 bits per heavy atom. The number of hydrogen-bond acceptors (Lipinski definition) is 4. The van der Waals surface area contributed by atoms with Crippen LogP contribution < -0.4 is 0 Å². The Balaban J connectivity index is 1.89. The molecular formula is C19H14ClNO3S2. The summed E-state index contributed by atoms with van der Waals surface area (Å²) in [6.45, 7) is 0. The minimum Gasteiger partial charge on any atom is -0.480 e. The summed E-state index contributed by atoms with van der Waals surface area (Å²) < 4.78 is 0.233. The Hall–Kier alpha value is -2.15. The van der Waals surface area contributed by atoms with Gasteiger partial charge in [0.2, 0.25) is 0 Å². The highest BCUT2D eigenvalue weighted by Gasteiger charge is 2.40. The van der Waals surface area contributed by atoms with E-state index in [1.807, 2.05) is 36.4 Å². The Morgan fingerprint density at radius 3 is 2.50 bits per heavy atom. The molecule has 1 N–H and O–H groups in total. The number of carboxylic acids is 1. The first-order valence-corrected chi connectivity index (χ1v) is 9.36. The van der Waals surface area contributed by atoms with E-state index in [0.29, 0.717) is 15.5 Å². The van der Waals surface area contributed by atoms with Crippen molar-refractivity contribution in [3.8, 4) is 0 Å². The number of carboxylic acid groups (broad SMARTS) is 1. The number of carbonyl (C=O) groups excluding carboxylic acids is 1. The lowest BCUT2D eigenvalue weighted by Crippen LogP contribution is -2.45. The van der Waals surface area contributed by atoms with Gasteiger partial charge in [0, 0.05) is 11.4 Å². The molecule has 1 amide bonds. The predicted octanol–water partition coefficient (Wildman–Crippen LogP) is 4.24. The summed E-state index contributed by atoms with van der Waals surface area (Å²) in [7, 11) is 0. The summed E-state index contributed by atoms with van der Waals surface area (Å²) in [5.74, 6) is -1.51. The van der Waals surface area contributed by atoms with Crippen molar-refractivity contribution in [2.24, 2.45) is 0 Å². The number of benzene rings is 2. The largest absolute Gasteiger partial charge is 0.480 e. The molecule has 2 aromatic rings. The quantitative estimate of drug-likeness (QED) is 0.597. The molecule has 2 aromatic carbocycles. The number of amides is 1. The van der Waals surface area contributed by atoms with Gasteiger partial charge in [0.1, 0.15) is 10.4 Å². The van der Waals surface area contributed by atoms with Crippen molar-refractivity contribution < 1.29 is 14.7 Å². The lowest BCUT2D eigenvalue weighted by molar-refractivity contribution is -0.145. The third kappa shape index (κ3) is 3.98. The summed E-state index contributed by atoms with van der Waals surface area (Å²) in [6.07, 6.45) is 1.82. The fourth-order valence-electron chi connectivity index (χ4n) is 2.61. The first-order valence-electron chi connectivity index (χ1n) is 7.75. The second-order valence-corrected chi connectivity index (χ2v) is 7.70. The maximum atomic E-state index is 12.8. The van der Waals surface area contributed by atoms with E-state index in [0.717, 1.165) is 17.3 Å². The van der Waals surface area contributed by atoms with Crippen LogP contribution in [0.2, 0.25) is 5.02 Å². The molecule has 0 spiro atoms. The number of nitrogens with zero attached hydrogens (tertiary/aromatic N) is 1. The van der Waals surface area contributed by atoms with Crippen molar-refractivity contribution in [3.05, 3.63) is 75.7 Å². The van der Waals surface area contributed by atoms with E-state index in [2.05, 4.69) is 0 Å². The molecule has 3 rings (SSSR count). The average Bonchev–Trinajstić information content (AvgIpc) is 2.89. The van der Waals surface area contributed by atoms with Crippen LogP contribution >= 0.6 is 35.6 Å². The maximum absolute atomic E-state index is 12.8. The Kier molecular flexibility index (Phi) is 5.76. The summed E-state index contributed by atoms with van der Waals surface area (Å²) in [6, 6.07) is 15.2. The van der Waals surface area contributed by atoms with Gasteiger partial charge in [-0.15, -0.1) is 0 Å². The second kappa shape index (κ2) is 8.03. The number of aliphatic carboxylic acids is 1. The molecule has 4 nitrogen and oxygen atoms in total. The van der Waals surface area contributed by atoms with E-state index in [1.165, 1.54) is 4.90 Å². The lowest BCUT2D eigenvalue weighted by atomic mass is 10.0. The van der Waals surface area contributed by atoms with Crippen LogP contribution in [0.25, 0.3) is 6.08 Å². The van der Waals surface area contributed by atoms with Crippen LogP contribution in [0, 0.1) is 0 Å². The molecule has 1 aliphatic heterocycles. The number of halogens is 1. The zero-order chi connectivity index (χ0) is 18.7. The van der Waals surface area contributed by atoms with Crippen molar-refractivity contribution in [2.75, 3.05) is 0 Å². The van der Waals surface area contributed by atoms with Crippen LogP contribution in [0.4, 0.5) is 0 Å². The normalized spacial score (nSPS) is 17.0. The van der Waals surface area contributed by atoms with Gasteiger partial charge in [-0.3, -0.25) is 9.69 Å². The number of thioether (sulfide) groups is 1. The highest BCUT2D eigenvalue weighted by atomic mass is 35.5. The number of thiocarbonyl (C=S) groups is 1. The van der Waals surface area contributed by atoms with Gasteiger partial charge in [0.25, 0.3) is 5.91 Å². The van der Waals surface area contributed by atoms with Gasteiger partial charge in [-0.2, -0.15) is 0 Å². The lowest BCUT2D eigenvalue weighted by Gasteiger charge is -2.23. The third-order valence-electron chi connectivity index (χ3n) is 3.88. The van der Waals surface area contributed by atoms with Crippen LogP contribution in [0.3, 0.4) is 0 Å². The van der Waals surface area contributed by atoms with Gasteiger partial charge in [0.05, 0.1) is 4.91 Å². The molecule has 0 aliphatic carbocycles. The SMILES string of the molecule is O=C(O)C(Cc1ccccc1)N1C(=O)/C(=C/c2ccccc2Cl)SC1=S. The van der Waals surface area contributed by atoms with E-state index < -0.39 is 17.9 Å². The van der Waals surface area contributed by atoms with E-state index in [9.17, 15) is 14.7 Å². The molecule has 132 valence electrons. The fourth-order valence-corrected chi connectivity index (χ4v) is 4.15. The van der Waals surface area contributed by atoms with Crippen LogP contribution in [0.15, 0.2) is 59.5 Å². The molecule has 26 heavy (non-hydrogen) atoms. The molecule has 1 unspecified atom stereocenters. The summed E-state index contributed by atoms with van der Waals surface area (Å²) in [5.41, 5.74) is 1.51. The van der Waals surface area contributed by atoms with E-state index in [1.54, 1.807) is 24.3 Å². The minimum absolute atomic E-state index is 0.183. The topological polar surface area (TPSA) is 57.6 Å².